The molecule has 0 bridgehead atoms. The van der Waals surface area contributed by atoms with Crippen LogP contribution in [0.25, 0.3) is 0 Å². The molecule has 0 aliphatic carbocycles. The molecule has 0 spiro atoms. The highest BCUT2D eigenvalue weighted by molar-refractivity contribution is 6.09. The third kappa shape index (κ3) is 3.20. The maximum atomic E-state index is 12.3. The minimum Gasteiger partial charge on any atom is -0.398 e. The van der Waals surface area contributed by atoms with Gasteiger partial charge in [-0.05, 0) is 36.8 Å². The van der Waals surface area contributed by atoms with Crippen molar-refractivity contribution in [1.29, 1.82) is 0 Å². The first-order valence-electron chi connectivity index (χ1n) is 6.51. The Balaban J connectivity index is 2.31. The lowest BCUT2D eigenvalue weighted by atomic mass is 10.1. The van der Waals surface area contributed by atoms with Crippen molar-refractivity contribution in [2.24, 2.45) is 0 Å². The molecule has 108 valence electrons. The number of nitrogens with one attached hydrogen (secondary N) is 2. The molecule has 5 nitrogen and oxygen atoms in total. The van der Waals surface area contributed by atoms with Crippen LogP contribution < -0.4 is 16.4 Å². The van der Waals surface area contributed by atoms with E-state index in [1.807, 2.05) is 31.2 Å². The van der Waals surface area contributed by atoms with Crippen LogP contribution in [0.15, 0.2) is 42.5 Å². The standard InChI is InChI=1S/C16H17N3O2/c1-10-5-3-4-6-14(10)19-16(21)12-9-11(15(20)18-2)7-8-13(12)17/h3-9H,17H2,1-2H3,(H,18,20)(H,19,21). The average molecular weight is 283 g/mol. The van der Waals surface area contributed by atoms with Crippen LogP contribution in [0.4, 0.5) is 11.4 Å². The third-order valence-corrected chi connectivity index (χ3v) is 3.18. The van der Waals surface area contributed by atoms with Gasteiger partial charge < -0.3 is 16.4 Å². The molecule has 21 heavy (non-hydrogen) atoms. The zero-order chi connectivity index (χ0) is 15.4. The summed E-state index contributed by atoms with van der Waals surface area (Å²) in [5.74, 6) is -0.604. The van der Waals surface area contributed by atoms with Gasteiger partial charge in [0.25, 0.3) is 11.8 Å². The molecule has 2 amide bonds. The van der Waals surface area contributed by atoms with Crippen LogP contribution in [0, 0.1) is 6.92 Å². The Morgan fingerprint density at radius 3 is 2.43 bits per heavy atom. The Kier molecular flexibility index (Phi) is 4.23. The van der Waals surface area contributed by atoms with Gasteiger partial charge in [0.1, 0.15) is 0 Å². The van der Waals surface area contributed by atoms with Crippen molar-refractivity contribution in [1.82, 2.24) is 5.32 Å². The van der Waals surface area contributed by atoms with Gasteiger partial charge >= 0.3 is 0 Å². The van der Waals surface area contributed by atoms with Crippen LogP contribution in [0.2, 0.25) is 0 Å². The minimum atomic E-state index is -0.340. The van der Waals surface area contributed by atoms with Crippen molar-refractivity contribution in [3.05, 3.63) is 59.2 Å². The van der Waals surface area contributed by atoms with E-state index in [-0.39, 0.29) is 17.4 Å². The molecule has 0 aromatic heterocycles. The van der Waals surface area contributed by atoms with E-state index in [1.165, 1.54) is 13.1 Å². The van der Waals surface area contributed by atoms with E-state index < -0.39 is 0 Å². The van der Waals surface area contributed by atoms with E-state index in [0.29, 0.717) is 16.9 Å². The fourth-order valence-electron chi connectivity index (χ4n) is 1.94. The summed E-state index contributed by atoms with van der Waals surface area (Å²) in [4.78, 5) is 24.0. The fraction of sp³-hybridized carbons (Fsp3) is 0.125. The quantitative estimate of drug-likeness (QED) is 0.755. The second kappa shape index (κ2) is 6.09. The number of nitrogen functional groups attached to an aromatic ring is 1. The van der Waals surface area contributed by atoms with Crippen LogP contribution in [-0.2, 0) is 0 Å². The van der Waals surface area contributed by atoms with E-state index in [1.54, 1.807) is 12.1 Å². The summed E-state index contributed by atoms with van der Waals surface area (Å²) in [5, 5.41) is 5.32. The van der Waals surface area contributed by atoms with E-state index in [4.69, 9.17) is 5.73 Å². The Morgan fingerprint density at radius 2 is 1.76 bits per heavy atom. The lowest BCUT2D eigenvalue weighted by molar-refractivity contribution is 0.0963. The third-order valence-electron chi connectivity index (χ3n) is 3.18. The van der Waals surface area contributed by atoms with Gasteiger partial charge in [0.2, 0.25) is 0 Å². The Morgan fingerprint density at radius 1 is 1.05 bits per heavy atom. The van der Waals surface area contributed by atoms with Crippen LogP contribution in [0.5, 0.6) is 0 Å². The highest BCUT2D eigenvalue weighted by Crippen LogP contribution is 2.19. The molecule has 0 unspecified atom stereocenters. The fourth-order valence-corrected chi connectivity index (χ4v) is 1.94. The molecule has 4 N–H and O–H groups in total. The second-order valence-electron chi connectivity index (χ2n) is 4.65. The molecule has 0 atom stereocenters. The van der Waals surface area contributed by atoms with Gasteiger partial charge in [-0.3, -0.25) is 9.59 Å². The summed E-state index contributed by atoms with van der Waals surface area (Å²) in [6, 6.07) is 12.1. The molecular weight excluding hydrogens is 266 g/mol. The van der Waals surface area contributed by atoms with Gasteiger partial charge in [-0.2, -0.15) is 0 Å². The molecular formula is C16H17N3O2. The summed E-state index contributed by atoms with van der Waals surface area (Å²) in [6.45, 7) is 1.90. The first-order valence-corrected chi connectivity index (χ1v) is 6.51. The molecule has 0 saturated carbocycles. The number of benzene rings is 2. The van der Waals surface area contributed by atoms with Crippen molar-refractivity contribution in [3.8, 4) is 0 Å². The molecule has 0 heterocycles. The number of carbonyl (C=O) groups is 2. The molecule has 0 saturated heterocycles. The van der Waals surface area contributed by atoms with Crippen LogP contribution in [0.1, 0.15) is 26.3 Å². The van der Waals surface area contributed by atoms with Crippen molar-refractivity contribution >= 4 is 23.2 Å². The van der Waals surface area contributed by atoms with Crippen molar-refractivity contribution in [2.75, 3.05) is 18.1 Å². The van der Waals surface area contributed by atoms with E-state index in [2.05, 4.69) is 10.6 Å². The normalized spacial score (nSPS) is 10.0. The Bertz CT molecular complexity index is 696. The first-order chi connectivity index (χ1) is 10.0. The molecule has 0 aliphatic heterocycles. The van der Waals surface area contributed by atoms with Gasteiger partial charge in [0.05, 0.1) is 5.56 Å². The Hall–Kier alpha value is -2.82. The number of anilines is 2. The molecule has 0 aliphatic rings. The first kappa shape index (κ1) is 14.6. The van der Waals surface area contributed by atoms with Gasteiger partial charge in [-0.25, -0.2) is 0 Å². The van der Waals surface area contributed by atoms with E-state index in [0.717, 1.165) is 5.56 Å². The monoisotopic (exact) mass is 283 g/mol. The zero-order valence-corrected chi connectivity index (χ0v) is 11.9. The number of carbonyl (C=O) groups excluding carboxylic acids is 2. The van der Waals surface area contributed by atoms with Crippen LogP contribution in [0.3, 0.4) is 0 Å². The van der Waals surface area contributed by atoms with E-state index >= 15 is 0 Å². The predicted molar refractivity (Wildman–Crippen MR) is 83.4 cm³/mol. The number of hydrogen-bond donors (Lipinski definition) is 3. The lowest BCUT2D eigenvalue weighted by Crippen LogP contribution is -2.20. The van der Waals surface area contributed by atoms with Gasteiger partial charge in [0.15, 0.2) is 0 Å². The summed E-state index contributed by atoms with van der Waals surface area (Å²) >= 11 is 0. The van der Waals surface area contributed by atoms with Crippen molar-refractivity contribution < 1.29 is 9.59 Å². The summed E-state index contributed by atoms with van der Waals surface area (Å²) in [5.41, 5.74) is 8.49. The predicted octanol–water partition coefficient (Wildman–Crippen LogP) is 2.19. The van der Waals surface area contributed by atoms with Crippen LogP contribution in [-0.4, -0.2) is 18.9 Å². The highest BCUT2D eigenvalue weighted by Gasteiger charge is 2.14. The van der Waals surface area contributed by atoms with Gasteiger partial charge in [0, 0.05) is 24.0 Å². The molecule has 0 radical (unpaired) electrons. The van der Waals surface area contributed by atoms with Gasteiger partial charge in [-0.1, -0.05) is 18.2 Å². The number of hydrogen-bond acceptors (Lipinski definition) is 3. The second-order valence-corrected chi connectivity index (χ2v) is 4.65. The molecule has 0 fully saturated rings. The lowest BCUT2D eigenvalue weighted by Gasteiger charge is -2.11. The SMILES string of the molecule is CNC(=O)c1ccc(N)c(C(=O)Nc2ccccc2C)c1. The van der Waals surface area contributed by atoms with Crippen molar-refractivity contribution in [3.63, 3.8) is 0 Å². The Labute approximate surface area is 123 Å². The minimum absolute atomic E-state index is 0.264. The maximum absolute atomic E-state index is 12.3. The zero-order valence-electron chi connectivity index (χ0n) is 11.9. The topological polar surface area (TPSA) is 84.2 Å². The maximum Gasteiger partial charge on any atom is 0.257 e. The molecule has 2 rings (SSSR count). The van der Waals surface area contributed by atoms with Gasteiger partial charge in [-0.15, -0.1) is 0 Å². The summed E-state index contributed by atoms with van der Waals surface area (Å²) in [6.07, 6.45) is 0. The number of rotatable bonds is 3. The van der Waals surface area contributed by atoms with E-state index in [9.17, 15) is 9.59 Å². The largest absolute Gasteiger partial charge is 0.398 e. The number of aryl methyl sites for hydroxylation is 1. The average Bonchev–Trinajstić information content (AvgIpc) is 2.49. The highest BCUT2D eigenvalue weighted by atomic mass is 16.2. The molecule has 5 heteroatoms. The molecule has 2 aromatic rings. The smallest absolute Gasteiger partial charge is 0.257 e. The number of nitrogens with two attached hydrogens (primary N) is 1. The summed E-state index contributed by atoms with van der Waals surface area (Å²) in [7, 11) is 1.53. The molecule has 2 aromatic carbocycles. The van der Waals surface area contributed by atoms with Crippen LogP contribution >= 0.6 is 0 Å². The van der Waals surface area contributed by atoms with Crippen molar-refractivity contribution in [2.45, 2.75) is 6.92 Å². The number of para-hydroxylation sites is 1. The summed E-state index contributed by atoms with van der Waals surface area (Å²) < 4.78 is 0. The number of amides is 2.